The highest BCUT2D eigenvalue weighted by Crippen LogP contribution is 2.32. The Balaban J connectivity index is 1.44. The molecule has 2 aromatic rings. The topological polar surface area (TPSA) is 67.8 Å². The predicted octanol–water partition coefficient (Wildman–Crippen LogP) is 3.11. The Kier molecular flexibility index (Phi) is 5.32. The molecule has 148 valence electrons. The van der Waals surface area contributed by atoms with Crippen molar-refractivity contribution < 1.29 is 14.3 Å². The van der Waals surface area contributed by atoms with Crippen LogP contribution in [0.4, 0.5) is 5.82 Å². The van der Waals surface area contributed by atoms with Crippen LogP contribution in [0.2, 0.25) is 0 Å². The van der Waals surface area contributed by atoms with Gasteiger partial charge in [-0.3, -0.25) is 4.79 Å². The molecule has 28 heavy (non-hydrogen) atoms. The maximum absolute atomic E-state index is 12.6. The molecule has 1 unspecified atom stereocenters. The molecule has 4 rings (SSSR count). The van der Waals surface area contributed by atoms with E-state index in [2.05, 4.69) is 21.8 Å². The van der Waals surface area contributed by atoms with Gasteiger partial charge in [-0.1, -0.05) is 18.6 Å². The molecule has 0 N–H and O–H groups in total. The van der Waals surface area contributed by atoms with Gasteiger partial charge in [0.2, 0.25) is 11.8 Å². The van der Waals surface area contributed by atoms with E-state index in [4.69, 9.17) is 9.47 Å². The molecule has 1 atom stereocenters. The van der Waals surface area contributed by atoms with Gasteiger partial charge in [-0.05, 0) is 31.9 Å². The van der Waals surface area contributed by atoms with Gasteiger partial charge in [-0.2, -0.15) is 0 Å². The van der Waals surface area contributed by atoms with Crippen LogP contribution in [0.3, 0.4) is 0 Å². The highest BCUT2D eigenvalue weighted by molar-refractivity contribution is 5.80. The van der Waals surface area contributed by atoms with Gasteiger partial charge in [0.1, 0.15) is 12.1 Å². The third-order valence-corrected chi connectivity index (χ3v) is 5.60. The van der Waals surface area contributed by atoms with Gasteiger partial charge >= 0.3 is 0 Å². The van der Waals surface area contributed by atoms with Crippen LogP contribution in [-0.4, -0.2) is 53.6 Å². The predicted molar refractivity (Wildman–Crippen MR) is 106 cm³/mol. The lowest BCUT2D eigenvalue weighted by atomic mass is 9.84. The lowest BCUT2D eigenvalue weighted by Crippen LogP contribution is -2.56. The molecular weight excluding hydrogens is 356 g/mol. The molecule has 7 heteroatoms. The highest BCUT2D eigenvalue weighted by atomic mass is 16.5. The zero-order valence-electron chi connectivity index (χ0n) is 16.4. The van der Waals surface area contributed by atoms with Crippen LogP contribution in [0.1, 0.15) is 26.2 Å². The van der Waals surface area contributed by atoms with Gasteiger partial charge in [-0.25, -0.2) is 9.97 Å². The van der Waals surface area contributed by atoms with Crippen molar-refractivity contribution in [2.75, 3.05) is 31.6 Å². The van der Waals surface area contributed by atoms with Crippen LogP contribution in [0, 0.1) is 5.92 Å². The highest BCUT2D eigenvalue weighted by Gasteiger charge is 2.34. The van der Waals surface area contributed by atoms with Crippen LogP contribution in [0.5, 0.6) is 17.4 Å². The van der Waals surface area contributed by atoms with Crippen molar-refractivity contribution in [2.45, 2.75) is 32.2 Å². The van der Waals surface area contributed by atoms with Gasteiger partial charge in [0.05, 0.1) is 7.11 Å². The first-order valence-corrected chi connectivity index (χ1v) is 9.84. The largest absolute Gasteiger partial charge is 0.493 e. The number of rotatable bonds is 5. The van der Waals surface area contributed by atoms with Gasteiger partial charge in [0.25, 0.3) is 0 Å². The first kappa shape index (κ1) is 18.5. The van der Waals surface area contributed by atoms with Crippen molar-refractivity contribution in [1.29, 1.82) is 0 Å². The van der Waals surface area contributed by atoms with Crippen molar-refractivity contribution in [1.82, 2.24) is 14.9 Å². The van der Waals surface area contributed by atoms with Crippen molar-refractivity contribution in [3.63, 3.8) is 0 Å². The number of para-hydroxylation sites is 2. The summed E-state index contributed by atoms with van der Waals surface area (Å²) >= 11 is 0. The van der Waals surface area contributed by atoms with E-state index in [-0.39, 0.29) is 12.0 Å². The number of benzene rings is 1. The Morgan fingerprint density at radius 2 is 1.93 bits per heavy atom. The summed E-state index contributed by atoms with van der Waals surface area (Å²) < 4.78 is 11.2. The van der Waals surface area contributed by atoms with E-state index < -0.39 is 0 Å². The van der Waals surface area contributed by atoms with Crippen molar-refractivity contribution in [3.05, 3.63) is 36.7 Å². The maximum Gasteiger partial charge on any atom is 0.226 e. The van der Waals surface area contributed by atoms with Crippen LogP contribution in [-0.2, 0) is 4.79 Å². The molecule has 1 saturated heterocycles. The fourth-order valence-electron chi connectivity index (χ4n) is 3.76. The number of aromatic nitrogens is 2. The number of amides is 1. The third kappa shape index (κ3) is 3.74. The standard InChI is InChI=1S/C21H26N4O3/c1-15-13-24(10-11-25(15)21(26)16-6-5-7-16)19-12-20(23-14-22-19)28-18-9-4-3-8-17(18)27-2/h3-4,8-9,12,14-16H,5-7,10-11,13H2,1-2H3. The number of carbonyl (C=O) groups is 1. The summed E-state index contributed by atoms with van der Waals surface area (Å²) in [6, 6.07) is 9.46. The molecule has 0 spiro atoms. The van der Waals surface area contributed by atoms with E-state index in [1.165, 1.54) is 12.7 Å². The van der Waals surface area contributed by atoms with Crippen molar-refractivity contribution >= 4 is 11.7 Å². The second-order valence-corrected chi connectivity index (χ2v) is 7.42. The van der Waals surface area contributed by atoms with E-state index >= 15 is 0 Å². The van der Waals surface area contributed by atoms with Crippen LogP contribution < -0.4 is 14.4 Å². The molecule has 0 bridgehead atoms. The fraction of sp³-hybridized carbons (Fsp3) is 0.476. The summed E-state index contributed by atoms with van der Waals surface area (Å²) in [6.45, 7) is 4.34. The second kappa shape index (κ2) is 8.04. The molecule has 2 heterocycles. The normalized spacial score (nSPS) is 19.9. The van der Waals surface area contributed by atoms with Gasteiger partial charge in [0, 0.05) is 37.7 Å². The molecule has 2 fully saturated rings. The molecule has 7 nitrogen and oxygen atoms in total. The second-order valence-electron chi connectivity index (χ2n) is 7.42. The first-order valence-electron chi connectivity index (χ1n) is 9.84. The van der Waals surface area contributed by atoms with Gasteiger partial charge < -0.3 is 19.3 Å². The van der Waals surface area contributed by atoms with Crippen LogP contribution in [0.25, 0.3) is 0 Å². The summed E-state index contributed by atoms with van der Waals surface area (Å²) in [4.78, 5) is 25.5. The summed E-state index contributed by atoms with van der Waals surface area (Å²) in [7, 11) is 1.61. The van der Waals surface area contributed by atoms with Crippen LogP contribution >= 0.6 is 0 Å². The van der Waals surface area contributed by atoms with Crippen molar-refractivity contribution in [2.24, 2.45) is 5.92 Å². The Labute approximate surface area is 165 Å². The molecule has 0 radical (unpaired) electrons. The molecule has 1 aliphatic heterocycles. The number of methoxy groups -OCH3 is 1. The molecular formula is C21H26N4O3. The molecule has 1 saturated carbocycles. The van der Waals surface area contributed by atoms with E-state index in [1.54, 1.807) is 7.11 Å². The maximum atomic E-state index is 12.6. The monoisotopic (exact) mass is 382 g/mol. The van der Waals surface area contributed by atoms with E-state index in [0.717, 1.165) is 38.3 Å². The average molecular weight is 382 g/mol. The summed E-state index contributed by atoms with van der Waals surface area (Å²) in [6.07, 6.45) is 4.78. The quantitative estimate of drug-likeness (QED) is 0.792. The van der Waals surface area contributed by atoms with Crippen LogP contribution in [0.15, 0.2) is 36.7 Å². The van der Waals surface area contributed by atoms with E-state index in [0.29, 0.717) is 23.3 Å². The number of anilines is 1. The molecule has 1 aliphatic carbocycles. The molecule has 1 aromatic heterocycles. The van der Waals surface area contributed by atoms with E-state index in [9.17, 15) is 4.79 Å². The zero-order chi connectivity index (χ0) is 19.5. The lowest BCUT2D eigenvalue weighted by molar-refractivity contribution is -0.140. The summed E-state index contributed by atoms with van der Waals surface area (Å²) in [5.74, 6) is 3.10. The minimum Gasteiger partial charge on any atom is -0.493 e. The number of piperazine rings is 1. The SMILES string of the molecule is COc1ccccc1Oc1cc(N2CCN(C(=O)C3CCC3)C(C)C2)ncn1. The minimum absolute atomic E-state index is 0.162. The number of hydrogen-bond acceptors (Lipinski definition) is 6. The fourth-order valence-corrected chi connectivity index (χ4v) is 3.76. The van der Waals surface area contributed by atoms with E-state index in [1.807, 2.05) is 35.2 Å². The molecule has 2 aliphatic rings. The van der Waals surface area contributed by atoms with Gasteiger partial charge in [0.15, 0.2) is 11.5 Å². The third-order valence-electron chi connectivity index (χ3n) is 5.60. The zero-order valence-corrected chi connectivity index (χ0v) is 16.4. The lowest BCUT2D eigenvalue weighted by Gasteiger charge is -2.43. The van der Waals surface area contributed by atoms with Gasteiger partial charge in [-0.15, -0.1) is 0 Å². The Bertz CT molecular complexity index is 840. The minimum atomic E-state index is 0.162. The smallest absolute Gasteiger partial charge is 0.226 e. The number of nitrogens with zero attached hydrogens (tertiary/aromatic N) is 4. The van der Waals surface area contributed by atoms with Crippen molar-refractivity contribution in [3.8, 4) is 17.4 Å². The number of hydrogen-bond donors (Lipinski definition) is 0. The Morgan fingerprint density at radius 1 is 1.14 bits per heavy atom. The summed E-state index contributed by atoms with van der Waals surface area (Å²) in [5, 5.41) is 0. The molecule has 1 amide bonds. The molecule has 1 aromatic carbocycles. The average Bonchev–Trinajstić information content (AvgIpc) is 2.67. The Morgan fingerprint density at radius 3 is 2.61 bits per heavy atom. The number of ether oxygens (including phenoxy) is 2. The number of carbonyl (C=O) groups excluding carboxylic acids is 1. The first-order chi connectivity index (χ1) is 13.7. The summed E-state index contributed by atoms with van der Waals surface area (Å²) in [5.41, 5.74) is 0. The Hall–Kier alpha value is -2.83.